The minimum Gasteiger partial charge on any atom is -0.465 e. The van der Waals surface area contributed by atoms with Crippen LogP contribution in [-0.2, 0) is 14.3 Å². The Kier molecular flexibility index (Phi) is 4.72. The lowest BCUT2D eigenvalue weighted by Gasteiger charge is -2.24. The highest BCUT2D eigenvalue weighted by Crippen LogP contribution is 2.33. The van der Waals surface area contributed by atoms with Gasteiger partial charge in [0.2, 0.25) is 11.8 Å². The van der Waals surface area contributed by atoms with Crippen LogP contribution < -0.4 is 10.6 Å². The van der Waals surface area contributed by atoms with Crippen molar-refractivity contribution < 1.29 is 19.1 Å². The topological polar surface area (TPSA) is 84.5 Å². The van der Waals surface area contributed by atoms with Crippen LogP contribution in [0.1, 0.15) is 28.3 Å². The number of nitrogens with one attached hydrogen (secondary N) is 2. The second kappa shape index (κ2) is 6.94. The summed E-state index contributed by atoms with van der Waals surface area (Å²) in [4.78, 5) is 36.2. The molecule has 2 amide bonds. The van der Waals surface area contributed by atoms with Crippen LogP contribution in [0, 0.1) is 0 Å². The molecule has 2 aromatic rings. The van der Waals surface area contributed by atoms with Crippen molar-refractivity contribution in [3.63, 3.8) is 0 Å². The second-order valence-electron chi connectivity index (χ2n) is 5.57. The maximum atomic E-state index is 12.7. The number of para-hydroxylation sites is 1. The highest BCUT2D eigenvalue weighted by atomic mass is 35.5. The summed E-state index contributed by atoms with van der Waals surface area (Å²) < 4.78 is 4.66. The van der Waals surface area contributed by atoms with Crippen molar-refractivity contribution in [1.29, 1.82) is 0 Å². The third-order valence-electron chi connectivity index (χ3n) is 3.96. The molecule has 128 valence electrons. The molecule has 1 unspecified atom stereocenters. The molecule has 3 rings (SSSR count). The van der Waals surface area contributed by atoms with E-state index in [2.05, 4.69) is 15.4 Å². The van der Waals surface area contributed by atoms with Gasteiger partial charge in [0.1, 0.15) is 0 Å². The number of hydrogen-bond donors (Lipinski definition) is 2. The van der Waals surface area contributed by atoms with E-state index >= 15 is 0 Å². The standard InChI is InChI=1S/C18H15ClN2O4/c1-25-18(24)13-8-10(6-7-14(13)19)20-17(23)12-9-16(22)21-15-5-3-2-4-11(12)15/h2-8,12H,9H2,1H3,(H,20,23)(H,21,22). The molecule has 1 heterocycles. The molecule has 2 aromatic carbocycles. The number of rotatable bonds is 3. The van der Waals surface area contributed by atoms with Gasteiger partial charge in [-0.15, -0.1) is 0 Å². The zero-order valence-electron chi connectivity index (χ0n) is 13.3. The number of carbonyl (C=O) groups excluding carboxylic acids is 3. The summed E-state index contributed by atoms with van der Waals surface area (Å²) in [6, 6.07) is 11.7. The molecule has 0 spiro atoms. The van der Waals surface area contributed by atoms with E-state index in [1.807, 2.05) is 6.07 Å². The van der Waals surface area contributed by atoms with Crippen LogP contribution in [0.25, 0.3) is 0 Å². The van der Waals surface area contributed by atoms with Gasteiger partial charge in [0.25, 0.3) is 0 Å². The molecule has 0 aliphatic carbocycles. The number of halogens is 1. The van der Waals surface area contributed by atoms with Crippen LogP contribution >= 0.6 is 11.6 Å². The number of hydrogen-bond acceptors (Lipinski definition) is 4. The van der Waals surface area contributed by atoms with E-state index in [1.54, 1.807) is 24.3 Å². The van der Waals surface area contributed by atoms with Crippen LogP contribution in [-0.4, -0.2) is 24.9 Å². The molecule has 0 bridgehead atoms. The smallest absolute Gasteiger partial charge is 0.339 e. The van der Waals surface area contributed by atoms with Crippen LogP contribution in [0.3, 0.4) is 0 Å². The van der Waals surface area contributed by atoms with E-state index < -0.39 is 11.9 Å². The van der Waals surface area contributed by atoms with Gasteiger partial charge in [-0.25, -0.2) is 4.79 Å². The van der Waals surface area contributed by atoms with Crippen molar-refractivity contribution in [1.82, 2.24) is 0 Å². The predicted octanol–water partition coefficient (Wildman–Crippen LogP) is 3.19. The van der Waals surface area contributed by atoms with E-state index in [4.69, 9.17) is 11.6 Å². The number of methoxy groups -OCH3 is 1. The highest BCUT2D eigenvalue weighted by Gasteiger charge is 2.30. The summed E-state index contributed by atoms with van der Waals surface area (Å²) in [5.41, 5.74) is 1.94. The van der Waals surface area contributed by atoms with Gasteiger partial charge in [0.05, 0.1) is 23.6 Å². The molecule has 6 nitrogen and oxygen atoms in total. The fraction of sp³-hybridized carbons (Fsp3) is 0.167. The first-order valence-electron chi connectivity index (χ1n) is 7.57. The lowest BCUT2D eigenvalue weighted by atomic mass is 9.90. The molecule has 2 N–H and O–H groups in total. The van der Waals surface area contributed by atoms with Gasteiger partial charge in [0, 0.05) is 17.8 Å². The number of amides is 2. The first-order chi connectivity index (χ1) is 12.0. The third kappa shape index (κ3) is 3.49. The largest absolute Gasteiger partial charge is 0.465 e. The van der Waals surface area contributed by atoms with Gasteiger partial charge < -0.3 is 15.4 Å². The van der Waals surface area contributed by atoms with E-state index in [0.29, 0.717) is 11.4 Å². The van der Waals surface area contributed by atoms with Crippen LogP contribution in [0.5, 0.6) is 0 Å². The third-order valence-corrected chi connectivity index (χ3v) is 4.29. The van der Waals surface area contributed by atoms with Gasteiger partial charge in [0.15, 0.2) is 0 Å². The summed E-state index contributed by atoms with van der Waals surface area (Å²) in [6.45, 7) is 0. The summed E-state index contributed by atoms with van der Waals surface area (Å²) in [7, 11) is 1.25. The fourth-order valence-electron chi connectivity index (χ4n) is 2.74. The summed E-state index contributed by atoms with van der Waals surface area (Å²) >= 11 is 5.97. The summed E-state index contributed by atoms with van der Waals surface area (Å²) in [5.74, 6) is -1.75. The molecule has 0 radical (unpaired) electrons. The van der Waals surface area contributed by atoms with Crippen LogP contribution in [0.4, 0.5) is 11.4 Å². The molecular weight excluding hydrogens is 344 g/mol. The minimum atomic E-state index is -0.609. The number of esters is 1. The zero-order chi connectivity index (χ0) is 18.0. The SMILES string of the molecule is COC(=O)c1cc(NC(=O)C2CC(=O)Nc3ccccc32)ccc1Cl. The lowest BCUT2D eigenvalue weighted by molar-refractivity contribution is -0.123. The monoisotopic (exact) mass is 358 g/mol. The predicted molar refractivity (Wildman–Crippen MR) is 93.9 cm³/mol. The molecule has 0 saturated carbocycles. The highest BCUT2D eigenvalue weighted by molar-refractivity contribution is 6.33. The number of fused-ring (bicyclic) bond motifs is 1. The fourth-order valence-corrected chi connectivity index (χ4v) is 2.94. The van der Waals surface area contributed by atoms with Gasteiger partial charge in [-0.1, -0.05) is 29.8 Å². The minimum absolute atomic E-state index is 0.0558. The molecule has 25 heavy (non-hydrogen) atoms. The maximum Gasteiger partial charge on any atom is 0.339 e. The molecule has 1 aliphatic heterocycles. The number of anilines is 2. The van der Waals surface area contributed by atoms with Crippen LogP contribution in [0.2, 0.25) is 5.02 Å². The zero-order valence-corrected chi connectivity index (χ0v) is 14.1. The van der Waals surface area contributed by atoms with Crippen molar-refractivity contribution in [3.8, 4) is 0 Å². The lowest BCUT2D eigenvalue weighted by Crippen LogP contribution is -2.30. The van der Waals surface area contributed by atoms with Crippen molar-refractivity contribution in [2.75, 3.05) is 17.7 Å². The Labute approximate surface area is 149 Å². The Morgan fingerprint density at radius 2 is 2.00 bits per heavy atom. The Hall–Kier alpha value is -2.86. The van der Waals surface area contributed by atoms with Crippen molar-refractivity contribution in [2.45, 2.75) is 12.3 Å². The van der Waals surface area contributed by atoms with E-state index in [1.165, 1.54) is 19.2 Å². The Morgan fingerprint density at radius 1 is 1.24 bits per heavy atom. The number of carbonyl (C=O) groups is 3. The summed E-state index contributed by atoms with van der Waals surface area (Å²) in [6.07, 6.45) is 0.0558. The average Bonchev–Trinajstić information content (AvgIpc) is 2.61. The molecule has 1 atom stereocenters. The van der Waals surface area contributed by atoms with Gasteiger partial charge in [-0.05, 0) is 29.8 Å². The molecule has 0 saturated heterocycles. The van der Waals surface area contributed by atoms with Gasteiger partial charge in [-0.2, -0.15) is 0 Å². The second-order valence-corrected chi connectivity index (χ2v) is 5.97. The van der Waals surface area contributed by atoms with Crippen molar-refractivity contribution in [3.05, 3.63) is 58.6 Å². The maximum absolute atomic E-state index is 12.7. The Morgan fingerprint density at radius 3 is 2.76 bits per heavy atom. The molecule has 0 aromatic heterocycles. The van der Waals surface area contributed by atoms with Gasteiger partial charge in [-0.3, -0.25) is 9.59 Å². The normalized spacial score (nSPS) is 15.8. The molecule has 0 fully saturated rings. The van der Waals surface area contributed by atoms with Crippen LogP contribution in [0.15, 0.2) is 42.5 Å². The van der Waals surface area contributed by atoms with E-state index in [9.17, 15) is 14.4 Å². The Balaban J connectivity index is 1.86. The first-order valence-corrected chi connectivity index (χ1v) is 7.95. The number of benzene rings is 2. The molecule has 1 aliphatic rings. The van der Waals surface area contributed by atoms with E-state index in [-0.39, 0.29) is 28.8 Å². The van der Waals surface area contributed by atoms with Gasteiger partial charge >= 0.3 is 5.97 Å². The quantitative estimate of drug-likeness (QED) is 0.825. The average molecular weight is 359 g/mol. The summed E-state index contributed by atoms with van der Waals surface area (Å²) in [5, 5.41) is 5.71. The Bertz CT molecular complexity index is 866. The first kappa shape index (κ1) is 17.0. The molecule has 7 heteroatoms. The van der Waals surface area contributed by atoms with Crippen molar-refractivity contribution in [2.24, 2.45) is 0 Å². The van der Waals surface area contributed by atoms with Crippen molar-refractivity contribution >= 4 is 40.8 Å². The van der Waals surface area contributed by atoms with E-state index in [0.717, 1.165) is 5.56 Å². The molecular formula is C18H15ClN2O4. The number of ether oxygens (including phenoxy) is 1.